The molecule has 0 amide bonds. The highest BCUT2D eigenvalue weighted by Gasteiger charge is 2.03. The number of hydrogen-bond acceptors (Lipinski definition) is 5. The first-order valence-corrected chi connectivity index (χ1v) is 6.56. The minimum atomic E-state index is -2.92. The van der Waals surface area contributed by atoms with E-state index in [1.54, 1.807) is 18.3 Å². The number of pyridine rings is 1. The second-order valence-electron chi connectivity index (χ2n) is 3.22. The van der Waals surface area contributed by atoms with E-state index < -0.39 is 9.84 Å². The maximum atomic E-state index is 10.8. The zero-order valence-electron chi connectivity index (χ0n) is 8.51. The lowest BCUT2D eigenvalue weighted by atomic mass is 10.4. The molecule has 0 radical (unpaired) electrons. The Hall–Kier alpha value is -1.30. The summed E-state index contributed by atoms with van der Waals surface area (Å²) >= 11 is 0. The molecule has 1 rings (SSSR count). The topological polar surface area (TPSA) is 82.3 Å². The number of aromatic nitrogens is 1. The minimum absolute atomic E-state index is 0.118. The van der Waals surface area contributed by atoms with Crippen LogP contribution in [0.4, 0.5) is 5.82 Å². The standard InChI is InChI=1S/C9H14N2O3S/c1-15(12,13)7-3-6-14-8-4-2-5-11-9(8)10/h2,4-5H,3,6-7H2,1H3,(H2,10,11). The molecular weight excluding hydrogens is 216 g/mol. The zero-order valence-corrected chi connectivity index (χ0v) is 9.33. The van der Waals surface area contributed by atoms with Crippen LogP contribution in [0.2, 0.25) is 0 Å². The number of nitrogen functional groups attached to an aromatic ring is 1. The monoisotopic (exact) mass is 230 g/mol. The SMILES string of the molecule is CS(=O)(=O)CCCOc1cccnc1N. The fourth-order valence-corrected chi connectivity index (χ4v) is 1.67. The Morgan fingerprint density at radius 3 is 2.87 bits per heavy atom. The van der Waals surface area contributed by atoms with E-state index in [-0.39, 0.29) is 5.75 Å². The predicted molar refractivity (Wildman–Crippen MR) is 58.5 cm³/mol. The first-order chi connectivity index (χ1) is 6.99. The third-order valence-electron chi connectivity index (χ3n) is 1.72. The summed E-state index contributed by atoms with van der Waals surface area (Å²) in [5.41, 5.74) is 5.53. The number of anilines is 1. The first-order valence-electron chi connectivity index (χ1n) is 4.50. The third-order valence-corrected chi connectivity index (χ3v) is 2.75. The van der Waals surface area contributed by atoms with Crippen LogP contribution in [0.1, 0.15) is 6.42 Å². The van der Waals surface area contributed by atoms with Crippen LogP contribution < -0.4 is 10.5 Å². The normalized spacial score (nSPS) is 11.3. The van der Waals surface area contributed by atoms with Crippen molar-refractivity contribution in [2.75, 3.05) is 24.3 Å². The molecule has 0 fully saturated rings. The molecular formula is C9H14N2O3S. The molecule has 0 spiro atoms. The van der Waals surface area contributed by atoms with Gasteiger partial charge in [-0.25, -0.2) is 13.4 Å². The number of hydrogen-bond donors (Lipinski definition) is 1. The van der Waals surface area contributed by atoms with Gasteiger partial charge in [0, 0.05) is 12.5 Å². The summed E-state index contributed by atoms with van der Waals surface area (Å²) in [6.45, 7) is 0.322. The number of ether oxygens (including phenoxy) is 1. The summed E-state index contributed by atoms with van der Waals surface area (Å²) in [6.07, 6.45) is 3.22. The fourth-order valence-electron chi connectivity index (χ4n) is 1.03. The summed E-state index contributed by atoms with van der Waals surface area (Å²) in [4.78, 5) is 3.84. The van der Waals surface area contributed by atoms with E-state index in [0.717, 1.165) is 0 Å². The van der Waals surface area contributed by atoms with Gasteiger partial charge in [-0.3, -0.25) is 0 Å². The van der Waals surface area contributed by atoms with Crippen molar-refractivity contribution in [1.29, 1.82) is 0 Å². The number of sulfone groups is 1. The summed E-state index contributed by atoms with van der Waals surface area (Å²) < 4.78 is 26.9. The molecule has 1 aromatic heterocycles. The molecule has 0 aliphatic heterocycles. The second kappa shape index (κ2) is 4.97. The molecule has 84 valence electrons. The van der Waals surface area contributed by atoms with Crippen molar-refractivity contribution in [3.05, 3.63) is 18.3 Å². The van der Waals surface area contributed by atoms with Gasteiger partial charge in [0.25, 0.3) is 0 Å². The van der Waals surface area contributed by atoms with E-state index in [9.17, 15) is 8.42 Å². The molecule has 0 saturated heterocycles. The molecule has 1 heterocycles. The van der Waals surface area contributed by atoms with Crippen LogP contribution in [-0.4, -0.2) is 32.0 Å². The molecule has 0 aliphatic rings. The highest BCUT2D eigenvalue weighted by Crippen LogP contribution is 2.16. The number of nitrogens with zero attached hydrogens (tertiary/aromatic N) is 1. The van der Waals surface area contributed by atoms with Crippen molar-refractivity contribution < 1.29 is 13.2 Å². The lowest BCUT2D eigenvalue weighted by molar-refractivity contribution is 0.318. The first kappa shape index (κ1) is 11.8. The predicted octanol–water partition coefficient (Wildman–Crippen LogP) is 0.477. The molecule has 1 aromatic rings. The molecule has 15 heavy (non-hydrogen) atoms. The summed E-state index contributed by atoms with van der Waals surface area (Å²) in [5, 5.41) is 0. The Labute approximate surface area is 89.2 Å². The smallest absolute Gasteiger partial charge is 0.166 e. The number of rotatable bonds is 5. The van der Waals surface area contributed by atoms with Crippen molar-refractivity contribution >= 4 is 15.7 Å². The fraction of sp³-hybridized carbons (Fsp3) is 0.444. The number of nitrogens with two attached hydrogens (primary N) is 1. The van der Waals surface area contributed by atoms with Gasteiger partial charge in [-0.1, -0.05) is 0 Å². The highest BCUT2D eigenvalue weighted by molar-refractivity contribution is 7.90. The van der Waals surface area contributed by atoms with Gasteiger partial charge in [0.15, 0.2) is 11.6 Å². The molecule has 0 bridgehead atoms. The van der Waals surface area contributed by atoms with Crippen molar-refractivity contribution in [2.45, 2.75) is 6.42 Å². The average molecular weight is 230 g/mol. The van der Waals surface area contributed by atoms with Crippen molar-refractivity contribution in [1.82, 2.24) is 4.98 Å². The van der Waals surface area contributed by atoms with Crippen LogP contribution >= 0.6 is 0 Å². The van der Waals surface area contributed by atoms with Gasteiger partial charge in [0.1, 0.15) is 9.84 Å². The van der Waals surface area contributed by atoms with Gasteiger partial charge in [0.2, 0.25) is 0 Å². The quantitative estimate of drug-likeness (QED) is 0.744. The Bertz CT molecular complexity index is 417. The average Bonchev–Trinajstić information content (AvgIpc) is 2.13. The van der Waals surface area contributed by atoms with Gasteiger partial charge >= 0.3 is 0 Å². The summed E-state index contributed by atoms with van der Waals surface area (Å²) in [5.74, 6) is 0.926. The Kier molecular flexibility index (Phi) is 3.90. The second-order valence-corrected chi connectivity index (χ2v) is 5.48. The van der Waals surface area contributed by atoms with Gasteiger partial charge < -0.3 is 10.5 Å². The molecule has 0 saturated carbocycles. The van der Waals surface area contributed by atoms with Crippen LogP contribution in [0.15, 0.2) is 18.3 Å². The Morgan fingerprint density at radius 2 is 2.27 bits per heavy atom. The van der Waals surface area contributed by atoms with E-state index in [0.29, 0.717) is 24.6 Å². The molecule has 0 unspecified atom stereocenters. The van der Waals surface area contributed by atoms with E-state index in [4.69, 9.17) is 10.5 Å². The van der Waals surface area contributed by atoms with E-state index in [1.165, 1.54) is 6.26 Å². The van der Waals surface area contributed by atoms with E-state index in [1.807, 2.05) is 0 Å². The van der Waals surface area contributed by atoms with Crippen molar-refractivity contribution in [3.63, 3.8) is 0 Å². The zero-order chi connectivity index (χ0) is 11.3. The van der Waals surface area contributed by atoms with Crippen molar-refractivity contribution in [2.24, 2.45) is 0 Å². The molecule has 0 aliphatic carbocycles. The maximum absolute atomic E-state index is 10.8. The lowest BCUT2D eigenvalue weighted by Gasteiger charge is -2.06. The van der Waals surface area contributed by atoms with Gasteiger partial charge in [-0.05, 0) is 18.6 Å². The highest BCUT2D eigenvalue weighted by atomic mass is 32.2. The Balaban J connectivity index is 2.36. The summed E-state index contributed by atoms with van der Waals surface area (Å²) in [7, 11) is -2.92. The van der Waals surface area contributed by atoms with Crippen molar-refractivity contribution in [3.8, 4) is 5.75 Å². The van der Waals surface area contributed by atoms with Crippen LogP contribution in [0.3, 0.4) is 0 Å². The van der Waals surface area contributed by atoms with Gasteiger partial charge in [-0.15, -0.1) is 0 Å². The minimum Gasteiger partial charge on any atom is -0.490 e. The lowest BCUT2D eigenvalue weighted by Crippen LogP contribution is -2.08. The van der Waals surface area contributed by atoms with Crippen LogP contribution in [0.25, 0.3) is 0 Å². The van der Waals surface area contributed by atoms with E-state index in [2.05, 4.69) is 4.98 Å². The largest absolute Gasteiger partial charge is 0.490 e. The molecule has 6 heteroatoms. The maximum Gasteiger partial charge on any atom is 0.166 e. The van der Waals surface area contributed by atoms with Gasteiger partial charge in [-0.2, -0.15) is 0 Å². The van der Waals surface area contributed by atoms with Crippen LogP contribution in [-0.2, 0) is 9.84 Å². The van der Waals surface area contributed by atoms with Crippen LogP contribution in [0, 0.1) is 0 Å². The van der Waals surface area contributed by atoms with Gasteiger partial charge in [0.05, 0.1) is 12.4 Å². The third kappa shape index (κ3) is 4.64. The van der Waals surface area contributed by atoms with E-state index >= 15 is 0 Å². The molecule has 0 atom stereocenters. The Morgan fingerprint density at radius 1 is 1.53 bits per heavy atom. The van der Waals surface area contributed by atoms with Crippen LogP contribution in [0.5, 0.6) is 5.75 Å². The summed E-state index contributed by atoms with van der Waals surface area (Å²) in [6, 6.07) is 3.41. The molecule has 2 N–H and O–H groups in total. The molecule has 5 nitrogen and oxygen atoms in total. The molecule has 0 aromatic carbocycles.